The van der Waals surface area contributed by atoms with Crippen molar-refractivity contribution >= 4 is 37.6 Å². The highest BCUT2D eigenvalue weighted by molar-refractivity contribution is 9.10. The Morgan fingerprint density at radius 2 is 0.900 bits per heavy atom. The molecule has 0 saturated heterocycles. The van der Waals surface area contributed by atoms with Crippen molar-refractivity contribution in [2.45, 2.75) is 0 Å². The predicted octanol–water partition coefficient (Wildman–Crippen LogP) is 8.03. The van der Waals surface area contributed by atoms with Gasteiger partial charge in [0.2, 0.25) is 5.78 Å². The van der Waals surface area contributed by atoms with Crippen molar-refractivity contribution < 1.29 is 14.3 Å². The molecule has 0 aromatic heterocycles. The van der Waals surface area contributed by atoms with E-state index in [1.807, 2.05) is 72.8 Å². The largest absolute Gasteiger partial charge is 0.457 e. The van der Waals surface area contributed by atoms with Gasteiger partial charge in [0, 0.05) is 8.95 Å². The molecule has 0 amide bonds. The van der Waals surface area contributed by atoms with Gasteiger partial charge in [-0.3, -0.25) is 4.79 Å². The van der Waals surface area contributed by atoms with Crippen LogP contribution in [0.2, 0.25) is 0 Å². The summed E-state index contributed by atoms with van der Waals surface area (Å²) in [6.07, 6.45) is 0. The van der Waals surface area contributed by atoms with E-state index in [9.17, 15) is 4.79 Å². The lowest BCUT2D eigenvalue weighted by Gasteiger charge is -2.13. The maximum Gasteiger partial charge on any atom is 0.200 e. The summed E-state index contributed by atoms with van der Waals surface area (Å²) >= 11 is 6.82. The van der Waals surface area contributed by atoms with Crippen LogP contribution in [-0.4, -0.2) is 5.78 Å². The average Bonchev–Trinajstić information content (AvgIpc) is 2.77. The van der Waals surface area contributed by atoms with Crippen LogP contribution >= 0.6 is 31.9 Å². The van der Waals surface area contributed by atoms with E-state index in [1.54, 1.807) is 24.3 Å². The molecule has 0 N–H and O–H groups in total. The van der Waals surface area contributed by atoms with Crippen molar-refractivity contribution in [3.63, 3.8) is 0 Å². The van der Waals surface area contributed by atoms with Gasteiger partial charge in [-0.1, -0.05) is 56.1 Å². The molecule has 0 bridgehead atoms. The first-order valence-corrected chi connectivity index (χ1v) is 10.8. The summed E-state index contributed by atoms with van der Waals surface area (Å²) in [7, 11) is 0. The van der Waals surface area contributed by atoms with Gasteiger partial charge in [0.05, 0.1) is 11.1 Å². The molecule has 0 aliphatic carbocycles. The number of rotatable bonds is 6. The number of ketones is 1. The van der Waals surface area contributed by atoms with Crippen LogP contribution in [0.4, 0.5) is 0 Å². The Balaban J connectivity index is 1.65. The topological polar surface area (TPSA) is 35.5 Å². The lowest BCUT2D eigenvalue weighted by atomic mass is 10.0. The zero-order chi connectivity index (χ0) is 20.9. The zero-order valence-corrected chi connectivity index (χ0v) is 18.9. The van der Waals surface area contributed by atoms with Crippen molar-refractivity contribution in [3.05, 3.63) is 117 Å². The van der Waals surface area contributed by atoms with Gasteiger partial charge in [0.1, 0.15) is 23.0 Å². The molecule has 4 aromatic rings. The first kappa shape index (κ1) is 20.4. The maximum absolute atomic E-state index is 13.4. The third kappa shape index (κ3) is 4.81. The number of hydrogen-bond donors (Lipinski definition) is 0. The third-order valence-electron chi connectivity index (χ3n) is 4.35. The van der Waals surface area contributed by atoms with Gasteiger partial charge in [-0.05, 0) is 72.8 Å². The van der Waals surface area contributed by atoms with E-state index in [4.69, 9.17) is 9.47 Å². The predicted molar refractivity (Wildman–Crippen MR) is 125 cm³/mol. The Morgan fingerprint density at radius 3 is 1.30 bits per heavy atom. The van der Waals surface area contributed by atoms with Crippen molar-refractivity contribution in [1.29, 1.82) is 0 Å². The highest BCUT2D eigenvalue weighted by Crippen LogP contribution is 2.32. The smallest absolute Gasteiger partial charge is 0.200 e. The number of benzene rings is 4. The monoisotopic (exact) mass is 522 g/mol. The van der Waals surface area contributed by atoms with Crippen LogP contribution in [0, 0.1) is 0 Å². The summed E-state index contributed by atoms with van der Waals surface area (Å²) in [5.41, 5.74) is 0.930. The maximum atomic E-state index is 13.4. The van der Waals surface area contributed by atoms with Gasteiger partial charge in [-0.2, -0.15) is 0 Å². The highest BCUT2D eigenvalue weighted by atomic mass is 79.9. The third-order valence-corrected chi connectivity index (χ3v) is 5.40. The van der Waals surface area contributed by atoms with Gasteiger partial charge in [0.25, 0.3) is 0 Å². The molecule has 0 aliphatic rings. The second-order valence-electron chi connectivity index (χ2n) is 6.43. The van der Waals surface area contributed by atoms with Gasteiger partial charge in [0.15, 0.2) is 0 Å². The van der Waals surface area contributed by atoms with Crippen molar-refractivity contribution in [1.82, 2.24) is 0 Å². The molecule has 0 heterocycles. The lowest BCUT2D eigenvalue weighted by molar-refractivity contribution is 0.103. The molecular weight excluding hydrogens is 508 g/mol. The van der Waals surface area contributed by atoms with E-state index in [1.165, 1.54) is 0 Å². The summed E-state index contributed by atoms with van der Waals surface area (Å²) in [5.74, 6) is 2.11. The second kappa shape index (κ2) is 9.28. The van der Waals surface area contributed by atoms with Gasteiger partial charge in [-0.25, -0.2) is 0 Å². The fraction of sp³-hybridized carbons (Fsp3) is 0. The summed E-state index contributed by atoms with van der Waals surface area (Å²) in [6, 6.07) is 29.3. The van der Waals surface area contributed by atoms with Crippen molar-refractivity contribution in [2.75, 3.05) is 0 Å². The number of carbonyl (C=O) groups is 1. The van der Waals surface area contributed by atoms with E-state index in [2.05, 4.69) is 31.9 Å². The molecule has 0 fully saturated rings. The number of ether oxygens (including phenoxy) is 2. The fourth-order valence-electron chi connectivity index (χ4n) is 2.89. The molecule has 5 heteroatoms. The fourth-order valence-corrected chi connectivity index (χ4v) is 3.42. The molecule has 4 aromatic carbocycles. The zero-order valence-electron chi connectivity index (χ0n) is 15.7. The Hall–Kier alpha value is -2.89. The van der Waals surface area contributed by atoms with Gasteiger partial charge in [-0.15, -0.1) is 0 Å². The van der Waals surface area contributed by atoms with Gasteiger partial charge < -0.3 is 9.47 Å². The van der Waals surface area contributed by atoms with Crippen molar-refractivity contribution in [3.8, 4) is 23.0 Å². The summed E-state index contributed by atoms with van der Waals surface area (Å²) in [6.45, 7) is 0. The molecule has 3 nitrogen and oxygen atoms in total. The Kier molecular flexibility index (Phi) is 6.31. The summed E-state index contributed by atoms with van der Waals surface area (Å²) in [4.78, 5) is 13.4. The average molecular weight is 524 g/mol. The number of carbonyl (C=O) groups excluding carboxylic acids is 1. The van der Waals surface area contributed by atoms with E-state index >= 15 is 0 Å². The Morgan fingerprint density at radius 1 is 0.533 bits per heavy atom. The molecule has 0 atom stereocenters. The molecule has 30 heavy (non-hydrogen) atoms. The standard InChI is InChI=1S/C25H16Br2O3/c26-17-9-13-19(14-10-17)29-23-7-3-1-5-21(23)25(28)22-6-2-4-8-24(22)30-20-15-11-18(27)12-16-20/h1-16H. The van der Waals surface area contributed by atoms with Crippen LogP contribution in [0.15, 0.2) is 106 Å². The molecule has 0 unspecified atom stereocenters. The molecule has 4 rings (SSSR count). The number of para-hydroxylation sites is 2. The minimum atomic E-state index is -0.171. The minimum Gasteiger partial charge on any atom is -0.457 e. The van der Waals surface area contributed by atoms with Crippen molar-refractivity contribution in [2.24, 2.45) is 0 Å². The first-order chi connectivity index (χ1) is 14.6. The van der Waals surface area contributed by atoms with Gasteiger partial charge >= 0.3 is 0 Å². The van der Waals surface area contributed by atoms with Crippen LogP contribution in [0.3, 0.4) is 0 Å². The molecule has 0 spiro atoms. The van der Waals surface area contributed by atoms with Crippen LogP contribution in [0.25, 0.3) is 0 Å². The Bertz CT molecular complexity index is 1080. The second-order valence-corrected chi connectivity index (χ2v) is 8.26. The van der Waals surface area contributed by atoms with Crippen LogP contribution < -0.4 is 9.47 Å². The number of hydrogen-bond acceptors (Lipinski definition) is 3. The SMILES string of the molecule is O=C(c1ccccc1Oc1ccc(Br)cc1)c1ccccc1Oc1ccc(Br)cc1. The normalized spacial score (nSPS) is 10.5. The molecule has 0 radical (unpaired) electrons. The first-order valence-electron chi connectivity index (χ1n) is 9.20. The summed E-state index contributed by atoms with van der Waals surface area (Å²) in [5, 5.41) is 0. The molecule has 148 valence electrons. The quantitative estimate of drug-likeness (QED) is 0.240. The minimum absolute atomic E-state index is 0.171. The van der Waals surface area contributed by atoms with Crippen LogP contribution in [0.5, 0.6) is 23.0 Å². The van der Waals surface area contributed by atoms with E-state index < -0.39 is 0 Å². The summed E-state index contributed by atoms with van der Waals surface area (Å²) < 4.78 is 13.9. The van der Waals surface area contributed by atoms with E-state index in [0.29, 0.717) is 34.1 Å². The molecule has 0 aliphatic heterocycles. The van der Waals surface area contributed by atoms with Crippen LogP contribution in [0.1, 0.15) is 15.9 Å². The van der Waals surface area contributed by atoms with E-state index in [0.717, 1.165) is 8.95 Å². The highest BCUT2D eigenvalue weighted by Gasteiger charge is 2.19. The number of halogens is 2. The molecule has 0 saturated carbocycles. The van der Waals surface area contributed by atoms with Crippen LogP contribution in [-0.2, 0) is 0 Å². The Labute approximate surface area is 191 Å². The van der Waals surface area contributed by atoms with E-state index in [-0.39, 0.29) is 5.78 Å². The molecular formula is C25H16Br2O3. The lowest BCUT2D eigenvalue weighted by Crippen LogP contribution is -2.05.